The Hall–Kier alpha value is -2.57. The van der Waals surface area contributed by atoms with Crippen molar-refractivity contribution in [1.82, 2.24) is 10.2 Å². The van der Waals surface area contributed by atoms with E-state index in [1.807, 2.05) is 25.1 Å². The highest BCUT2D eigenvalue weighted by Crippen LogP contribution is 2.40. The Balaban J connectivity index is 2.42. The van der Waals surface area contributed by atoms with E-state index in [0.717, 1.165) is 18.4 Å². The first-order valence-corrected chi connectivity index (χ1v) is 9.36. The molecule has 0 spiro atoms. The monoisotopic (exact) mass is 376 g/mol. The average molecular weight is 376 g/mol. The van der Waals surface area contributed by atoms with Gasteiger partial charge in [0, 0.05) is 18.5 Å². The van der Waals surface area contributed by atoms with Crippen molar-refractivity contribution in [2.75, 3.05) is 13.7 Å². The van der Waals surface area contributed by atoms with Gasteiger partial charge in [-0.3, -0.25) is 14.4 Å². The number of nitrogens with one attached hydrogen (secondary N) is 1. The number of piperidine rings is 1. The molecule has 0 saturated carbocycles. The van der Waals surface area contributed by atoms with Crippen LogP contribution >= 0.6 is 0 Å². The molecule has 7 heteroatoms. The maximum absolute atomic E-state index is 12.9. The molecule has 148 valence electrons. The number of nitrogens with zero attached hydrogens (tertiary/aromatic N) is 1. The second kappa shape index (κ2) is 9.39. The lowest BCUT2D eigenvalue weighted by Gasteiger charge is -2.41. The highest BCUT2D eigenvalue weighted by Gasteiger charge is 2.42. The summed E-state index contributed by atoms with van der Waals surface area (Å²) in [6.07, 6.45) is 2.41. The van der Waals surface area contributed by atoms with Crippen LogP contribution in [0.15, 0.2) is 24.3 Å². The van der Waals surface area contributed by atoms with Gasteiger partial charge in [0.15, 0.2) is 0 Å². The van der Waals surface area contributed by atoms with Gasteiger partial charge in [0.2, 0.25) is 11.8 Å². The van der Waals surface area contributed by atoms with E-state index < -0.39 is 24.0 Å². The predicted octanol–water partition coefficient (Wildman–Crippen LogP) is 2.36. The van der Waals surface area contributed by atoms with E-state index in [0.29, 0.717) is 18.7 Å². The summed E-state index contributed by atoms with van der Waals surface area (Å²) in [5.74, 6) is -1.35. The van der Waals surface area contributed by atoms with Crippen LogP contribution in [0.2, 0.25) is 0 Å². The summed E-state index contributed by atoms with van der Waals surface area (Å²) in [6.45, 7) is 4.03. The predicted molar refractivity (Wildman–Crippen MR) is 100 cm³/mol. The van der Waals surface area contributed by atoms with E-state index >= 15 is 0 Å². The molecule has 1 aliphatic heterocycles. The molecule has 1 aromatic rings. The second-order valence-electron chi connectivity index (χ2n) is 6.84. The number of aliphatic carboxylic acids is 1. The molecule has 3 atom stereocenters. The van der Waals surface area contributed by atoms with Crippen LogP contribution in [-0.2, 0) is 14.4 Å². The number of carbonyl (C=O) groups excluding carboxylic acids is 2. The van der Waals surface area contributed by atoms with Gasteiger partial charge in [-0.25, -0.2) is 0 Å². The summed E-state index contributed by atoms with van der Waals surface area (Å²) in [5, 5.41) is 11.7. The smallest absolute Gasteiger partial charge is 0.325 e. The normalized spacial score (nSPS) is 20.9. The zero-order valence-electron chi connectivity index (χ0n) is 16.1. The lowest BCUT2D eigenvalue weighted by molar-refractivity contribution is -0.147. The number of ether oxygens (including phenoxy) is 1. The summed E-state index contributed by atoms with van der Waals surface area (Å²) < 4.78 is 5.47. The van der Waals surface area contributed by atoms with Crippen LogP contribution in [0.3, 0.4) is 0 Å². The Labute approximate surface area is 159 Å². The Kier molecular flexibility index (Phi) is 7.21. The number of likely N-dealkylation sites (tertiary alicyclic amines) is 1. The van der Waals surface area contributed by atoms with Crippen molar-refractivity contribution in [2.24, 2.45) is 5.92 Å². The van der Waals surface area contributed by atoms with Crippen molar-refractivity contribution in [3.8, 4) is 5.75 Å². The van der Waals surface area contributed by atoms with Gasteiger partial charge in [-0.2, -0.15) is 0 Å². The maximum atomic E-state index is 12.9. The molecule has 0 aliphatic carbocycles. The van der Waals surface area contributed by atoms with Crippen molar-refractivity contribution < 1.29 is 24.2 Å². The molecule has 0 bridgehead atoms. The Morgan fingerprint density at radius 1 is 1.37 bits per heavy atom. The van der Waals surface area contributed by atoms with E-state index in [1.165, 1.54) is 6.92 Å². The minimum atomic E-state index is -1.09. The van der Waals surface area contributed by atoms with Gasteiger partial charge >= 0.3 is 5.97 Å². The maximum Gasteiger partial charge on any atom is 0.325 e. The number of carboxylic acids is 1. The van der Waals surface area contributed by atoms with E-state index in [9.17, 15) is 14.4 Å². The summed E-state index contributed by atoms with van der Waals surface area (Å²) in [4.78, 5) is 38.4. The molecule has 0 aromatic heterocycles. The summed E-state index contributed by atoms with van der Waals surface area (Å²) >= 11 is 0. The number of rotatable bonds is 8. The van der Waals surface area contributed by atoms with Gasteiger partial charge in [-0.15, -0.1) is 0 Å². The SMILES string of the molecule is CCCCN1C(=O)CCC(C(=O)N[C@@H](C)C(=O)O)C1c1ccccc1OC. The Morgan fingerprint density at radius 2 is 2.07 bits per heavy atom. The first-order chi connectivity index (χ1) is 12.9. The highest BCUT2D eigenvalue weighted by molar-refractivity contribution is 5.88. The molecule has 27 heavy (non-hydrogen) atoms. The fraction of sp³-hybridized carbons (Fsp3) is 0.550. The largest absolute Gasteiger partial charge is 0.496 e. The van der Waals surface area contributed by atoms with Crippen LogP contribution in [0.1, 0.15) is 51.1 Å². The van der Waals surface area contributed by atoms with Crippen LogP contribution in [-0.4, -0.2) is 47.5 Å². The Morgan fingerprint density at radius 3 is 2.70 bits per heavy atom. The number of hydrogen-bond acceptors (Lipinski definition) is 4. The van der Waals surface area contributed by atoms with Crippen LogP contribution in [0.25, 0.3) is 0 Å². The minimum absolute atomic E-state index is 0.00897. The van der Waals surface area contributed by atoms with Gasteiger partial charge in [0.25, 0.3) is 0 Å². The van der Waals surface area contributed by atoms with Crippen molar-refractivity contribution >= 4 is 17.8 Å². The van der Waals surface area contributed by atoms with Crippen LogP contribution in [0.5, 0.6) is 5.75 Å². The number of carbonyl (C=O) groups is 3. The summed E-state index contributed by atoms with van der Waals surface area (Å²) in [7, 11) is 1.56. The quantitative estimate of drug-likeness (QED) is 0.726. The topological polar surface area (TPSA) is 95.9 Å². The number of carboxylic acid groups (broad SMARTS) is 1. The second-order valence-corrected chi connectivity index (χ2v) is 6.84. The third kappa shape index (κ3) is 4.78. The number of amides is 2. The zero-order chi connectivity index (χ0) is 20.0. The molecule has 1 heterocycles. The van der Waals surface area contributed by atoms with Gasteiger partial charge in [-0.1, -0.05) is 31.5 Å². The highest BCUT2D eigenvalue weighted by atomic mass is 16.5. The number of unbranched alkanes of at least 4 members (excludes halogenated alkanes) is 1. The molecular weight excluding hydrogens is 348 g/mol. The van der Waals surface area contributed by atoms with Crippen molar-refractivity contribution in [3.63, 3.8) is 0 Å². The molecule has 1 fully saturated rings. The number of para-hydroxylation sites is 1. The summed E-state index contributed by atoms with van der Waals surface area (Å²) in [5.41, 5.74) is 0.771. The third-order valence-corrected chi connectivity index (χ3v) is 4.98. The van der Waals surface area contributed by atoms with Crippen molar-refractivity contribution in [2.45, 2.75) is 51.6 Å². The molecule has 1 saturated heterocycles. The van der Waals surface area contributed by atoms with Gasteiger partial charge < -0.3 is 20.1 Å². The van der Waals surface area contributed by atoms with Crippen LogP contribution in [0, 0.1) is 5.92 Å². The minimum Gasteiger partial charge on any atom is -0.496 e. The molecule has 1 aromatic carbocycles. The fourth-order valence-corrected chi connectivity index (χ4v) is 3.50. The molecule has 2 N–H and O–H groups in total. The Bertz CT molecular complexity index is 691. The molecule has 2 unspecified atom stereocenters. The van der Waals surface area contributed by atoms with Gasteiger partial charge in [-0.05, 0) is 25.8 Å². The first kappa shape index (κ1) is 20.7. The van der Waals surface area contributed by atoms with Crippen molar-refractivity contribution in [3.05, 3.63) is 29.8 Å². The molecule has 7 nitrogen and oxygen atoms in total. The lowest BCUT2D eigenvalue weighted by atomic mass is 9.82. The summed E-state index contributed by atoms with van der Waals surface area (Å²) in [6, 6.07) is 5.89. The lowest BCUT2D eigenvalue weighted by Crippen LogP contribution is -2.50. The first-order valence-electron chi connectivity index (χ1n) is 9.36. The molecule has 2 rings (SSSR count). The van der Waals surface area contributed by atoms with Crippen molar-refractivity contribution in [1.29, 1.82) is 0 Å². The standard InChI is InChI=1S/C20H28N2O5/c1-4-5-12-22-17(23)11-10-15(19(24)21-13(2)20(25)26)18(22)14-8-6-7-9-16(14)27-3/h6-9,13,15,18H,4-5,10-12H2,1-3H3,(H,21,24)(H,25,26)/t13-,15?,18?/m0/s1. The van der Waals surface area contributed by atoms with E-state index in [1.54, 1.807) is 18.1 Å². The van der Waals surface area contributed by atoms with Gasteiger partial charge in [0.05, 0.1) is 19.1 Å². The molecular formula is C20H28N2O5. The number of benzene rings is 1. The molecule has 1 aliphatic rings. The number of methoxy groups -OCH3 is 1. The zero-order valence-corrected chi connectivity index (χ0v) is 16.1. The van der Waals surface area contributed by atoms with Gasteiger partial charge in [0.1, 0.15) is 11.8 Å². The molecule has 0 radical (unpaired) electrons. The number of hydrogen-bond donors (Lipinski definition) is 2. The van der Waals surface area contributed by atoms with Crippen LogP contribution < -0.4 is 10.1 Å². The van der Waals surface area contributed by atoms with E-state index in [-0.39, 0.29) is 18.2 Å². The van der Waals surface area contributed by atoms with E-state index in [4.69, 9.17) is 9.84 Å². The van der Waals surface area contributed by atoms with E-state index in [2.05, 4.69) is 5.32 Å². The fourth-order valence-electron chi connectivity index (χ4n) is 3.50. The average Bonchev–Trinajstić information content (AvgIpc) is 2.66. The third-order valence-electron chi connectivity index (χ3n) is 4.98. The van der Waals surface area contributed by atoms with Crippen LogP contribution in [0.4, 0.5) is 0 Å². The molecule has 2 amide bonds.